The van der Waals surface area contributed by atoms with Crippen molar-refractivity contribution < 1.29 is 14.3 Å². The summed E-state index contributed by atoms with van der Waals surface area (Å²) in [5, 5.41) is 9.48. The van der Waals surface area contributed by atoms with Crippen LogP contribution in [0.25, 0.3) is 0 Å². The molecule has 0 aliphatic carbocycles. The second-order valence-corrected chi connectivity index (χ2v) is 7.29. The van der Waals surface area contributed by atoms with Crippen LogP contribution in [0.3, 0.4) is 0 Å². The van der Waals surface area contributed by atoms with Crippen LogP contribution >= 0.6 is 23.2 Å². The van der Waals surface area contributed by atoms with Crippen LogP contribution in [0.1, 0.15) is 23.2 Å². The zero-order valence-corrected chi connectivity index (χ0v) is 16.6. The number of ether oxygens (including phenoxy) is 1. The molecule has 1 fully saturated rings. The molecule has 0 radical (unpaired) electrons. The Bertz CT molecular complexity index is 837. The molecule has 1 aliphatic heterocycles. The first-order valence-corrected chi connectivity index (χ1v) is 9.75. The van der Waals surface area contributed by atoms with E-state index >= 15 is 0 Å². The monoisotopic (exact) mass is 421 g/mol. The lowest BCUT2D eigenvalue weighted by Gasteiger charge is -2.12. The van der Waals surface area contributed by atoms with Gasteiger partial charge in [-0.3, -0.25) is 9.59 Å². The number of benzene rings is 2. The number of hydrogen-bond acceptors (Lipinski definition) is 4. The van der Waals surface area contributed by atoms with Crippen LogP contribution in [-0.4, -0.2) is 37.6 Å². The molecule has 1 unspecified atom stereocenters. The molecule has 0 spiro atoms. The Morgan fingerprint density at radius 2 is 1.89 bits per heavy atom. The Morgan fingerprint density at radius 1 is 1.11 bits per heavy atom. The fourth-order valence-electron chi connectivity index (χ4n) is 2.82. The molecule has 148 valence electrons. The fourth-order valence-corrected chi connectivity index (χ4v) is 3.16. The van der Waals surface area contributed by atoms with Gasteiger partial charge in [-0.1, -0.05) is 23.2 Å². The van der Waals surface area contributed by atoms with Gasteiger partial charge < -0.3 is 20.7 Å². The summed E-state index contributed by atoms with van der Waals surface area (Å²) in [6.07, 6.45) is 2.13. The molecule has 0 saturated carbocycles. The molecule has 1 saturated heterocycles. The first kappa shape index (κ1) is 20.5. The van der Waals surface area contributed by atoms with Crippen LogP contribution in [0.5, 0.6) is 0 Å². The van der Waals surface area contributed by atoms with Crippen LogP contribution in [0, 0.1) is 0 Å². The highest BCUT2D eigenvalue weighted by molar-refractivity contribution is 6.35. The summed E-state index contributed by atoms with van der Waals surface area (Å²) in [5.41, 5.74) is 1.74. The van der Waals surface area contributed by atoms with Gasteiger partial charge in [-0.25, -0.2) is 0 Å². The average molecular weight is 422 g/mol. The van der Waals surface area contributed by atoms with Gasteiger partial charge in [0.2, 0.25) is 5.91 Å². The second-order valence-electron chi connectivity index (χ2n) is 6.45. The van der Waals surface area contributed by atoms with Gasteiger partial charge in [0.05, 0.1) is 23.4 Å². The number of carbonyl (C=O) groups is 2. The standard InChI is InChI=1S/C20H21Cl2N3O3/c21-14-5-8-17(22)18(10-14)25-19(26)12-23-15-6-3-13(4-7-15)20(27)24-11-16-2-1-9-28-16/h3-8,10,16,23H,1-2,9,11-12H2,(H,24,27)(H,25,26). The maximum Gasteiger partial charge on any atom is 0.251 e. The lowest BCUT2D eigenvalue weighted by Crippen LogP contribution is -2.31. The minimum absolute atomic E-state index is 0.0490. The number of amides is 2. The predicted molar refractivity (Wildman–Crippen MR) is 111 cm³/mol. The van der Waals surface area contributed by atoms with Crippen molar-refractivity contribution in [3.63, 3.8) is 0 Å². The van der Waals surface area contributed by atoms with E-state index in [1.165, 1.54) is 0 Å². The molecule has 28 heavy (non-hydrogen) atoms. The molecule has 1 atom stereocenters. The van der Waals surface area contributed by atoms with E-state index in [2.05, 4.69) is 16.0 Å². The highest BCUT2D eigenvalue weighted by Gasteiger charge is 2.16. The first-order chi connectivity index (χ1) is 13.5. The zero-order chi connectivity index (χ0) is 19.9. The van der Waals surface area contributed by atoms with Crippen LogP contribution in [0.15, 0.2) is 42.5 Å². The number of carbonyl (C=O) groups excluding carboxylic acids is 2. The van der Waals surface area contributed by atoms with E-state index in [1.807, 2.05) is 0 Å². The third kappa shape index (κ3) is 5.86. The summed E-state index contributed by atoms with van der Waals surface area (Å²) in [6.45, 7) is 1.33. The summed E-state index contributed by atoms with van der Waals surface area (Å²) >= 11 is 11.9. The van der Waals surface area contributed by atoms with Crippen molar-refractivity contribution in [1.29, 1.82) is 0 Å². The third-order valence-electron chi connectivity index (χ3n) is 4.32. The van der Waals surface area contributed by atoms with Crippen molar-refractivity contribution in [2.24, 2.45) is 0 Å². The average Bonchev–Trinajstić information content (AvgIpc) is 3.21. The van der Waals surface area contributed by atoms with Crippen molar-refractivity contribution in [3.8, 4) is 0 Å². The van der Waals surface area contributed by atoms with Crippen molar-refractivity contribution in [1.82, 2.24) is 5.32 Å². The second kappa shape index (κ2) is 9.78. The van der Waals surface area contributed by atoms with E-state index in [9.17, 15) is 9.59 Å². The highest BCUT2D eigenvalue weighted by atomic mass is 35.5. The van der Waals surface area contributed by atoms with E-state index in [1.54, 1.807) is 42.5 Å². The van der Waals surface area contributed by atoms with E-state index in [0.717, 1.165) is 25.1 Å². The molecule has 1 aliphatic rings. The molecule has 3 rings (SSSR count). The molecule has 0 aromatic heterocycles. The molecule has 2 aromatic carbocycles. The van der Waals surface area contributed by atoms with E-state index in [-0.39, 0.29) is 24.5 Å². The van der Waals surface area contributed by atoms with Crippen molar-refractivity contribution in [2.75, 3.05) is 30.3 Å². The summed E-state index contributed by atoms with van der Waals surface area (Å²) in [5.74, 6) is -0.405. The van der Waals surface area contributed by atoms with E-state index < -0.39 is 0 Å². The van der Waals surface area contributed by atoms with Crippen LogP contribution < -0.4 is 16.0 Å². The maximum atomic E-state index is 12.2. The Morgan fingerprint density at radius 3 is 2.61 bits per heavy atom. The Hall–Kier alpha value is -2.28. The lowest BCUT2D eigenvalue weighted by molar-refractivity contribution is -0.114. The van der Waals surface area contributed by atoms with Gasteiger partial charge in [-0.2, -0.15) is 0 Å². The maximum absolute atomic E-state index is 12.2. The Balaban J connectivity index is 1.46. The molecular formula is C20H21Cl2N3O3. The number of nitrogens with one attached hydrogen (secondary N) is 3. The SMILES string of the molecule is O=C(CNc1ccc(C(=O)NCC2CCCO2)cc1)Nc1cc(Cl)ccc1Cl. The first-order valence-electron chi connectivity index (χ1n) is 9.00. The largest absolute Gasteiger partial charge is 0.376 e. The third-order valence-corrected chi connectivity index (χ3v) is 4.88. The van der Waals surface area contributed by atoms with E-state index in [4.69, 9.17) is 27.9 Å². The predicted octanol–water partition coefficient (Wildman–Crippen LogP) is 3.95. The summed E-state index contributed by atoms with van der Waals surface area (Å²) < 4.78 is 5.49. The van der Waals surface area contributed by atoms with Gasteiger partial charge in [0.1, 0.15) is 0 Å². The summed E-state index contributed by atoms with van der Waals surface area (Å²) in [4.78, 5) is 24.3. The molecule has 8 heteroatoms. The number of rotatable bonds is 7. The highest BCUT2D eigenvalue weighted by Crippen LogP contribution is 2.25. The van der Waals surface area contributed by atoms with E-state index in [0.29, 0.717) is 27.8 Å². The molecule has 0 bridgehead atoms. The van der Waals surface area contributed by atoms with Gasteiger partial charge in [0.25, 0.3) is 5.91 Å². The Labute approximate surface area is 173 Å². The molecule has 2 aromatic rings. The summed E-state index contributed by atoms with van der Waals surface area (Å²) in [6, 6.07) is 11.8. The minimum Gasteiger partial charge on any atom is -0.376 e. The van der Waals surface area contributed by atoms with Gasteiger partial charge in [-0.15, -0.1) is 0 Å². The zero-order valence-electron chi connectivity index (χ0n) is 15.1. The molecule has 2 amide bonds. The molecular weight excluding hydrogens is 401 g/mol. The molecule has 3 N–H and O–H groups in total. The van der Waals surface area contributed by atoms with Gasteiger partial charge >= 0.3 is 0 Å². The molecule has 6 nitrogen and oxygen atoms in total. The fraction of sp³-hybridized carbons (Fsp3) is 0.300. The number of hydrogen-bond donors (Lipinski definition) is 3. The van der Waals surface area contributed by atoms with Crippen molar-refractivity contribution >= 4 is 46.4 Å². The van der Waals surface area contributed by atoms with Crippen LogP contribution in [0.2, 0.25) is 10.0 Å². The number of anilines is 2. The normalized spacial score (nSPS) is 15.9. The lowest BCUT2D eigenvalue weighted by atomic mass is 10.2. The van der Waals surface area contributed by atoms with Crippen molar-refractivity contribution in [2.45, 2.75) is 18.9 Å². The van der Waals surface area contributed by atoms with Crippen LogP contribution in [0.4, 0.5) is 11.4 Å². The van der Waals surface area contributed by atoms with Crippen molar-refractivity contribution in [3.05, 3.63) is 58.1 Å². The Kier molecular flexibility index (Phi) is 7.14. The topological polar surface area (TPSA) is 79.5 Å². The minimum atomic E-state index is -0.262. The van der Waals surface area contributed by atoms with Crippen LogP contribution in [-0.2, 0) is 9.53 Å². The smallest absolute Gasteiger partial charge is 0.251 e. The van der Waals surface area contributed by atoms with Gasteiger partial charge in [0, 0.05) is 29.4 Å². The number of halogens is 2. The van der Waals surface area contributed by atoms with Gasteiger partial charge in [0.15, 0.2) is 0 Å². The molecule has 1 heterocycles. The quantitative estimate of drug-likeness (QED) is 0.631. The van der Waals surface area contributed by atoms with Gasteiger partial charge in [-0.05, 0) is 55.3 Å². The summed E-state index contributed by atoms with van der Waals surface area (Å²) in [7, 11) is 0.